The van der Waals surface area contributed by atoms with Crippen LogP contribution in [0.1, 0.15) is 16.8 Å². The van der Waals surface area contributed by atoms with Gasteiger partial charge in [0.1, 0.15) is 6.07 Å². The first-order valence-corrected chi connectivity index (χ1v) is 6.65. The van der Waals surface area contributed by atoms with Crippen molar-refractivity contribution in [1.82, 2.24) is 9.88 Å². The first-order valence-electron chi connectivity index (χ1n) is 6.65. The molecule has 0 atom stereocenters. The Morgan fingerprint density at radius 1 is 1.24 bits per heavy atom. The van der Waals surface area contributed by atoms with Crippen molar-refractivity contribution in [3.8, 4) is 17.3 Å². The van der Waals surface area contributed by atoms with E-state index in [-0.39, 0.29) is 0 Å². The summed E-state index contributed by atoms with van der Waals surface area (Å²) in [4.78, 5) is 6.68. The van der Waals surface area contributed by atoms with Crippen molar-refractivity contribution >= 4 is 0 Å². The molecule has 0 saturated carbocycles. The molecular formula is C16H13F2N3. The molecule has 0 saturated heterocycles. The van der Waals surface area contributed by atoms with E-state index in [2.05, 4.69) is 16.0 Å². The van der Waals surface area contributed by atoms with Crippen LogP contribution >= 0.6 is 0 Å². The molecule has 0 radical (unpaired) electrons. The second kappa shape index (κ2) is 5.23. The maximum absolute atomic E-state index is 13.4. The van der Waals surface area contributed by atoms with E-state index in [1.54, 1.807) is 6.07 Å². The smallest absolute Gasteiger partial charge is 0.159 e. The molecule has 21 heavy (non-hydrogen) atoms. The minimum absolute atomic E-state index is 0.384. The zero-order valence-corrected chi connectivity index (χ0v) is 11.5. The number of hydrogen-bond acceptors (Lipinski definition) is 3. The molecule has 2 aromatic rings. The van der Waals surface area contributed by atoms with Crippen LogP contribution in [0.5, 0.6) is 0 Å². The number of nitriles is 1. The standard InChI is InChI=1S/C16H13F2N3/c1-21-5-4-15-12(9-21)6-11(8-19)16(20-15)10-2-3-13(17)14(18)7-10/h2-3,6-7H,4-5,9H2,1H3. The highest BCUT2D eigenvalue weighted by Crippen LogP contribution is 2.27. The predicted octanol–water partition coefficient (Wildman–Crippen LogP) is 2.89. The van der Waals surface area contributed by atoms with Gasteiger partial charge in [-0.1, -0.05) is 0 Å². The quantitative estimate of drug-likeness (QED) is 0.809. The summed E-state index contributed by atoms with van der Waals surface area (Å²) in [6.45, 7) is 1.64. The Balaban J connectivity index is 2.14. The molecule has 1 aliphatic rings. The fourth-order valence-electron chi connectivity index (χ4n) is 2.56. The Hall–Kier alpha value is -2.32. The molecule has 3 rings (SSSR count). The van der Waals surface area contributed by atoms with Crippen LogP contribution in [-0.4, -0.2) is 23.5 Å². The molecule has 0 fully saturated rings. The van der Waals surface area contributed by atoms with Crippen molar-refractivity contribution < 1.29 is 8.78 Å². The molecule has 0 unspecified atom stereocenters. The van der Waals surface area contributed by atoms with Gasteiger partial charge in [-0.15, -0.1) is 0 Å². The molecule has 3 nitrogen and oxygen atoms in total. The fourth-order valence-corrected chi connectivity index (χ4v) is 2.56. The summed E-state index contributed by atoms with van der Waals surface area (Å²) in [6, 6.07) is 7.48. The van der Waals surface area contributed by atoms with E-state index in [1.165, 1.54) is 6.07 Å². The van der Waals surface area contributed by atoms with Gasteiger partial charge >= 0.3 is 0 Å². The van der Waals surface area contributed by atoms with Crippen LogP contribution in [0.15, 0.2) is 24.3 Å². The molecule has 106 valence electrons. The third kappa shape index (κ3) is 2.50. The molecule has 0 aliphatic carbocycles. The number of rotatable bonds is 1. The average molecular weight is 285 g/mol. The molecule has 2 heterocycles. The van der Waals surface area contributed by atoms with E-state index in [0.717, 1.165) is 42.9 Å². The summed E-state index contributed by atoms with van der Waals surface area (Å²) in [6.07, 6.45) is 0.786. The average Bonchev–Trinajstić information content (AvgIpc) is 2.48. The number of benzene rings is 1. The number of hydrogen-bond donors (Lipinski definition) is 0. The van der Waals surface area contributed by atoms with Crippen LogP contribution in [-0.2, 0) is 13.0 Å². The molecule has 0 spiro atoms. The predicted molar refractivity (Wildman–Crippen MR) is 74.3 cm³/mol. The van der Waals surface area contributed by atoms with Gasteiger partial charge in [0.25, 0.3) is 0 Å². The van der Waals surface area contributed by atoms with Gasteiger partial charge in [-0.05, 0) is 36.9 Å². The minimum atomic E-state index is -0.935. The van der Waals surface area contributed by atoms with Crippen LogP contribution in [0.25, 0.3) is 11.3 Å². The minimum Gasteiger partial charge on any atom is -0.302 e. The topological polar surface area (TPSA) is 39.9 Å². The maximum Gasteiger partial charge on any atom is 0.159 e. The Labute approximate surface area is 121 Å². The van der Waals surface area contributed by atoms with Crippen LogP contribution in [0, 0.1) is 23.0 Å². The van der Waals surface area contributed by atoms with E-state index < -0.39 is 11.6 Å². The Morgan fingerprint density at radius 2 is 2.05 bits per heavy atom. The van der Waals surface area contributed by atoms with E-state index in [1.807, 2.05) is 7.05 Å². The van der Waals surface area contributed by atoms with Gasteiger partial charge in [0.2, 0.25) is 0 Å². The highest BCUT2D eigenvalue weighted by molar-refractivity contribution is 5.67. The summed E-state index contributed by atoms with van der Waals surface area (Å²) < 4.78 is 26.4. The summed E-state index contributed by atoms with van der Waals surface area (Å²) in [5.41, 5.74) is 3.17. The molecule has 1 aromatic carbocycles. The van der Waals surface area contributed by atoms with Crippen molar-refractivity contribution in [3.05, 3.63) is 52.7 Å². The SMILES string of the molecule is CN1CCc2nc(-c3ccc(F)c(F)c3)c(C#N)cc2C1. The Bertz CT molecular complexity index is 750. The van der Waals surface area contributed by atoms with Gasteiger partial charge in [0.05, 0.1) is 11.3 Å². The van der Waals surface area contributed by atoms with Gasteiger partial charge < -0.3 is 4.90 Å². The molecule has 1 aliphatic heterocycles. The number of aromatic nitrogens is 1. The number of fused-ring (bicyclic) bond motifs is 1. The summed E-state index contributed by atoms with van der Waals surface area (Å²) >= 11 is 0. The van der Waals surface area contributed by atoms with Gasteiger partial charge in [0, 0.05) is 30.8 Å². The number of nitrogens with zero attached hydrogens (tertiary/aromatic N) is 3. The highest BCUT2D eigenvalue weighted by atomic mass is 19.2. The molecule has 1 aromatic heterocycles. The Morgan fingerprint density at radius 3 is 2.76 bits per heavy atom. The van der Waals surface area contributed by atoms with Crippen molar-refractivity contribution in [2.75, 3.05) is 13.6 Å². The number of likely N-dealkylation sites (N-methyl/N-ethyl adjacent to an activating group) is 1. The lowest BCUT2D eigenvalue weighted by Crippen LogP contribution is -2.27. The zero-order valence-electron chi connectivity index (χ0n) is 11.5. The van der Waals surface area contributed by atoms with Crippen LogP contribution in [0.2, 0.25) is 0 Å². The van der Waals surface area contributed by atoms with Gasteiger partial charge in [-0.2, -0.15) is 5.26 Å². The van der Waals surface area contributed by atoms with Crippen molar-refractivity contribution in [1.29, 1.82) is 5.26 Å². The monoisotopic (exact) mass is 285 g/mol. The zero-order chi connectivity index (χ0) is 15.0. The second-order valence-corrected chi connectivity index (χ2v) is 5.22. The van der Waals surface area contributed by atoms with E-state index in [9.17, 15) is 14.0 Å². The molecular weight excluding hydrogens is 272 g/mol. The van der Waals surface area contributed by atoms with Gasteiger partial charge in [-0.3, -0.25) is 4.98 Å². The molecule has 0 bridgehead atoms. The summed E-state index contributed by atoms with van der Waals surface area (Å²) in [5.74, 6) is -1.84. The lowest BCUT2D eigenvalue weighted by atomic mass is 9.99. The lowest BCUT2D eigenvalue weighted by molar-refractivity contribution is 0.310. The summed E-state index contributed by atoms with van der Waals surface area (Å²) in [5, 5.41) is 9.30. The van der Waals surface area contributed by atoms with Crippen molar-refractivity contribution in [2.45, 2.75) is 13.0 Å². The third-order valence-corrected chi connectivity index (χ3v) is 3.68. The third-order valence-electron chi connectivity index (χ3n) is 3.68. The first-order chi connectivity index (χ1) is 10.1. The largest absolute Gasteiger partial charge is 0.302 e. The second-order valence-electron chi connectivity index (χ2n) is 5.22. The van der Waals surface area contributed by atoms with Crippen molar-refractivity contribution in [2.24, 2.45) is 0 Å². The van der Waals surface area contributed by atoms with E-state index in [4.69, 9.17) is 0 Å². The van der Waals surface area contributed by atoms with Gasteiger partial charge in [-0.25, -0.2) is 8.78 Å². The van der Waals surface area contributed by atoms with Crippen LogP contribution < -0.4 is 0 Å². The van der Waals surface area contributed by atoms with Gasteiger partial charge in [0.15, 0.2) is 11.6 Å². The highest BCUT2D eigenvalue weighted by Gasteiger charge is 2.19. The molecule has 5 heteroatoms. The fraction of sp³-hybridized carbons (Fsp3) is 0.250. The summed E-state index contributed by atoms with van der Waals surface area (Å²) in [7, 11) is 2.01. The van der Waals surface area contributed by atoms with Crippen molar-refractivity contribution in [3.63, 3.8) is 0 Å². The Kier molecular flexibility index (Phi) is 3.40. The maximum atomic E-state index is 13.4. The number of pyridine rings is 1. The molecule has 0 amide bonds. The van der Waals surface area contributed by atoms with Crippen LogP contribution in [0.3, 0.4) is 0 Å². The van der Waals surface area contributed by atoms with E-state index in [0.29, 0.717) is 16.8 Å². The normalized spacial score (nSPS) is 14.6. The lowest BCUT2D eigenvalue weighted by Gasteiger charge is -2.25. The number of halogens is 2. The van der Waals surface area contributed by atoms with E-state index >= 15 is 0 Å². The first kappa shape index (κ1) is 13.7. The molecule has 0 N–H and O–H groups in total. The van der Waals surface area contributed by atoms with Crippen LogP contribution in [0.4, 0.5) is 8.78 Å².